The lowest BCUT2D eigenvalue weighted by Gasteiger charge is -2.09. The fraction of sp³-hybridized carbons (Fsp3) is 0.273. The van der Waals surface area contributed by atoms with E-state index in [0.717, 1.165) is 72.5 Å². The van der Waals surface area contributed by atoms with Crippen molar-refractivity contribution < 1.29 is 9.26 Å². The average molecular weight is 420 g/mol. The van der Waals surface area contributed by atoms with Gasteiger partial charge in [0.2, 0.25) is 0 Å². The van der Waals surface area contributed by atoms with Gasteiger partial charge in [-0.15, -0.1) is 11.3 Å². The number of hydrogen-bond acceptors (Lipinski definition) is 7. The lowest BCUT2D eigenvalue weighted by Crippen LogP contribution is -1.98. The molecule has 5 rings (SSSR count). The van der Waals surface area contributed by atoms with Gasteiger partial charge in [-0.2, -0.15) is 0 Å². The molecule has 0 bridgehead atoms. The number of benzene rings is 1. The second kappa shape index (κ2) is 6.91. The van der Waals surface area contributed by atoms with Gasteiger partial charge in [0, 0.05) is 39.3 Å². The van der Waals surface area contributed by atoms with E-state index in [0.29, 0.717) is 6.42 Å². The van der Waals surface area contributed by atoms with Crippen LogP contribution in [0, 0.1) is 27.7 Å². The van der Waals surface area contributed by atoms with Crippen LogP contribution in [-0.4, -0.2) is 32.2 Å². The van der Waals surface area contributed by atoms with Crippen molar-refractivity contribution in [3.63, 3.8) is 0 Å². The lowest BCUT2D eigenvalue weighted by molar-refractivity contribution is 0.393. The van der Waals surface area contributed by atoms with Crippen LogP contribution in [0.3, 0.4) is 0 Å². The normalized spacial score (nSPS) is 11.6. The number of aryl methyl sites for hydroxylation is 4. The Morgan fingerprint density at radius 2 is 1.93 bits per heavy atom. The SMILES string of the molecule is COc1cc2c(cc1-c1c(C)noc1C)[nH]c1nc(C)nc(Cc3nc(C)cs3)c12. The van der Waals surface area contributed by atoms with Crippen molar-refractivity contribution in [3.8, 4) is 16.9 Å². The molecule has 0 aliphatic heterocycles. The molecule has 0 saturated carbocycles. The first-order chi connectivity index (χ1) is 14.4. The number of H-pyrrole nitrogens is 1. The number of rotatable bonds is 4. The predicted molar refractivity (Wildman–Crippen MR) is 117 cm³/mol. The van der Waals surface area contributed by atoms with Crippen molar-refractivity contribution in [2.45, 2.75) is 34.1 Å². The summed E-state index contributed by atoms with van der Waals surface area (Å²) in [6, 6.07) is 4.12. The van der Waals surface area contributed by atoms with Crippen molar-refractivity contribution >= 4 is 33.3 Å². The molecule has 0 saturated heterocycles. The van der Waals surface area contributed by atoms with Crippen molar-refractivity contribution in [2.75, 3.05) is 7.11 Å². The van der Waals surface area contributed by atoms with Gasteiger partial charge in [-0.1, -0.05) is 5.16 Å². The number of aromatic amines is 1. The zero-order valence-electron chi connectivity index (χ0n) is 17.5. The summed E-state index contributed by atoms with van der Waals surface area (Å²) in [5.41, 5.74) is 6.50. The minimum Gasteiger partial charge on any atom is -0.496 e. The van der Waals surface area contributed by atoms with Crippen molar-refractivity contribution in [1.82, 2.24) is 25.1 Å². The summed E-state index contributed by atoms with van der Waals surface area (Å²) < 4.78 is 11.1. The van der Waals surface area contributed by atoms with Gasteiger partial charge in [0.1, 0.15) is 23.0 Å². The van der Waals surface area contributed by atoms with Crippen LogP contribution >= 0.6 is 11.3 Å². The lowest BCUT2D eigenvalue weighted by atomic mass is 10.0. The summed E-state index contributed by atoms with van der Waals surface area (Å²) in [5.74, 6) is 2.25. The first-order valence-corrected chi connectivity index (χ1v) is 10.5. The van der Waals surface area contributed by atoms with Crippen LogP contribution in [0.25, 0.3) is 33.1 Å². The second-order valence-corrected chi connectivity index (χ2v) is 8.37. The molecular formula is C22H21N5O2S. The van der Waals surface area contributed by atoms with Crippen LogP contribution in [-0.2, 0) is 6.42 Å². The third-order valence-electron chi connectivity index (χ3n) is 5.25. The maximum Gasteiger partial charge on any atom is 0.142 e. The number of methoxy groups -OCH3 is 1. The number of nitrogens with one attached hydrogen (secondary N) is 1. The Morgan fingerprint density at radius 3 is 2.60 bits per heavy atom. The molecule has 0 amide bonds. The highest BCUT2D eigenvalue weighted by Gasteiger charge is 2.20. The zero-order valence-corrected chi connectivity index (χ0v) is 18.3. The summed E-state index contributed by atoms with van der Waals surface area (Å²) in [5, 5.41) is 9.24. The Kier molecular flexibility index (Phi) is 4.32. The molecule has 5 aromatic rings. The molecule has 1 N–H and O–H groups in total. The van der Waals surface area contributed by atoms with Crippen LogP contribution in [0.5, 0.6) is 5.75 Å². The van der Waals surface area contributed by atoms with E-state index >= 15 is 0 Å². The fourth-order valence-electron chi connectivity index (χ4n) is 4.01. The smallest absolute Gasteiger partial charge is 0.142 e. The van der Waals surface area contributed by atoms with E-state index in [4.69, 9.17) is 14.2 Å². The summed E-state index contributed by atoms with van der Waals surface area (Å²) >= 11 is 1.65. The van der Waals surface area contributed by atoms with Gasteiger partial charge in [0.15, 0.2) is 0 Å². The summed E-state index contributed by atoms with van der Waals surface area (Å²) in [4.78, 5) is 17.5. The molecule has 4 aromatic heterocycles. The number of thiazole rings is 1. The van der Waals surface area contributed by atoms with Gasteiger partial charge in [0.25, 0.3) is 0 Å². The van der Waals surface area contributed by atoms with Crippen LogP contribution in [0.2, 0.25) is 0 Å². The van der Waals surface area contributed by atoms with E-state index in [2.05, 4.69) is 31.6 Å². The minimum absolute atomic E-state index is 0.666. The maximum atomic E-state index is 5.76. The number of hydrogen-bond donors (Lipinski definition) is 1. The van der Waals surface area contributed by atoms with Gasteiger partial charge in [-0.05, 0) is 39.8 Å². The number of nitrogens with zero attached hydrogens (tertiary/aromatic N) is 4. The Morgan fingerprint density at radius 1 is 1.10 bits per heavy atom. The highest BCUT2D eigenvalue weighted by molar-refractivity contribution is 7.09. The standard InChI is InChI=1S/C22H21N5O2S/c1-10-9-30-19(23-10)8-17-21-14-7-18(28-5)15(20-11(2)27-29-12(20)3)6-16(14)26-22(21)25-13(4)24-17/h6-7,9H,8H2,1-5H3,(H,24,25,26). The molecule has 0 fully saturated rings. The molecule has 0 spiro atoms. The van der Waals surface area contributed by atoms with Crippen LogP contribution in [0.1, 0.15) is 33.7 Å². The van der Waals surface area contributed by atoms with E-state index < -0.39 is 0 Å². The second-order valence-electron chi connectivity index (χ2n) is 7.42. The van der Waals surface area contributed by atoms with Crippen molar-refractivity contribution in [1.29, 1.82) is 0 Å². The molecule has 1 aromatic carbocycles. The first-order valence-electron chi connectivity index (χ1n) is 9.65. The molecule has 8 heteroatoms. The Labute approximate surface area is 177 Å². The molecule has 30 heavy (non-hydrogen) atoms. The third kappa shape index (κ3) is 2.95. The van der Waals surface area contributed by atoms with Crippen LogP contribution in [0.4, 0.5) is 0 Å². The zero-order chi connectivity index (χ0) is 21.0. The maximum absolute atomic E-state index is 5.76. The van der Waals surface area contributed by atoms with Gasteiger partial charge >= 0.3 is 0 Å². The molecule has 0 unspecified atom stereocenters. The highest BCUT2D eigenvalue weighted by atomic mass is 32.1. The number of fused-ring (bicyclic) bond motifs is 3. The summed E-state index contributed by atoms with van der Waals surface area (Å²) in [7, 11) is 1.68. The highest BCUT2D eigenvalue weighted by Crippen LogP contribution is 2.40. The van der Waals surface area contributed by atoms with Crippen LogP contribution < -0.4 is 4.74 Å². The average Bonchev–Trinajstić information content (AvgIpc) is 3.37. The van der Waals surface area contributed by atoms with E-state index in [1.54, 1.807) is 18.4 Å². The predicted octanol–water partition coefficient (Wildman–Crippen LogP) is 5.06. The van der Waals surface area contributed by atoms with Gasteiger partial charge in [0.05, 0.1) is 29.1 Å². The minimum atomic E-state index is 0.666. The van der Waals surface area contributed by atoms with Gasteiger partial charge in [-0.25, -0.2) is 15.0 Å². The summed E-state index contributed by atoms with van der Waals surface area (Å²) in [6.07, 6.45) is 0.666. The fourth-order valence-corrected chi connectivity index (χ4v) is 4.78. The first kappa shape index (κ1) is 18.7. The molecule has 0 aliphatic carbocycles. The Hall–Kier alpha value is -3.26. The largest absolute Gasteiger partial charge is 0.496 e. The molecule has 0 atom stereocenters. The Bertz CT molecular complexity index is 1390. The molecule has 7 nitrogen and oxygen atoms in total. The molecular weight excluding hydrogens is 398 g/mol. The van der Waals surface area contributed by atoms with Gasteiger partial charge in [-0.3, -0.25) is 0 Å². The van der Waals surface area contributed by atoms with Gasteiger partial charge < -0.3 is 14.2 Å². The van der Waals surface area contributed by atoms with E-state index in [1.807, 2.05) is 33.8 Å². The van der Waals surface area contributed by atoms with E-state index in [9.17, 15) is 0 Å². The van der Waals surface area contributed by atoms with E-state index in [1.165, 1.54) is 0 Å². The Balaban J connectivity index is 1.77. The van der Waals surface area contributed by atoms with Crippen molar-refractivity contribution in [2.24, 2.45) is 0 Å². The van der Waals surface area contributed by atoms with Crippen LogP contribution in [0.15, 0.2) is 22.0 Å². The van der Waals surface area contributed by atoms with E-state index in [-0.39, 0.29) is 0 Å². The number of aromatic nitrogens is 5. The molecule has 0 aliphatic rings. The molecule has 4 heterocycles. The molecule has 152 valence electrons. The molecule has 0 radical (unpaired) electrons. The van der Waals surface area contributed by atoms with Crippen molar-refractivity contribution in [3.05, 3.63) is 51.2 Å². The topological polar surface area (TPSA) is 89.7 Å². The quantitative estimate of drug-likeness (QED) is 0.438. The monoisotopic (exact) mass is 419 g/mol. The number of ether oxygens (including phenoxy) is 1. The third-order valence-corrected chi connectivity index (χ3v) is 6.21. The summed E-state index contributed by atoms with van der Waals surface area (Å²) in [6.45, 7) is 7.77.